The van der Waals surface area contributed by atoms with Gasteiger partial charge in [0.05, 0.1) is 0 Å². The van der Waals surface area contributed by atoms with Crippen molar-refractivity contribution in [2.45, 2.75) is 6.42 Å². The van der Waals surface area contributed by atoms with E-state index in [-0.39, 0.29) is 5.82 Å². The number of halogens is 1. The monoisotopic (exact) mass is 251 g/mol. The van der Waals surface area contributed by atoms with Gasteiger partial charge in [-0.2, -0.15) is 0 Å². The first-order valence-electron chi connectivity index (χ1n) is 5.39. The first-order chi connectivity index (χ1) is 8.49. The highest BCUT2D eigenvalue weighted by Crippen LogP contribution is 2.05. The molecule has 1 rings (SSSR count). The molecule has 0 saturated carbocycles. The lowest BCUT2D eigenvalue weighted by atomic mass is 10.1. The molecule has 0 atom stereocenters. The molecule has 5 heteroatoms. The minimum Gasteiger partial charge on any atom is -0.478 e. The number of carboxylic acid groups (broad SMARTS) is 1. The Morgan fingerprint density at radius 3 is 2.72 bits per heavy atom. The number of benzene rings is 1. The van der Waals surface area contributed by atoms with Crippen molar-refractivity contribution in [3.8, 4) is 0 Å². The zero-order valence-corrected chi connectivity index (χ0v) is 9.97. The second kappa shape index (κ2) is 6.54. The molecule has 0 heterocycles. The first kappa shape index (κ1) is 13.9. The molecule has 0 aromatic heterocycles. The Bertz CT molecular complexity index is 471. The van der Waals surface area contributed by atoms with Crippen molar-refractivity contribution in [2.75, 3.05) is 13.6 Å². The molecule has 0 bridgehead atoms. The lowest BCUT2D eigenvalue weighted by Gasteiger charge is -2.14. The van der Waals surface area contributed by atoms with Gasteiger partial charge in [-0.05, 0) is 24.1 Å². The number of carbonyl (C=O) groups excluding carboxylic acids is 1. The Morgan fingerprint density at radius 2 is 2.11 bits per heavy atom. The van der Waals surface area contributed by atoms with Gasteiger partial charge in [-0.15, -0.1) is 0 Å². The van der Waals surface area contributed by atoms with Crippen LogP contribution in [-0.4, -0.2) is 35.5 Å². The van der Waals surface area contributed by atoms with Gasteiger partial charge in [-0.3, -0.25) is 4.79 Å². The summed E-state index contributed by atoms with van der Waals surface area (Å²) in [5, 5.41) is 8.38. The van der Waals surface area contributed by atoms with Crippen LogP contribution in [0.2, 0.25) is 0 Å². The van der Waals surface area contributed by atoms with Crippen LogP contribution in [0.15, 0.2) is 36.4 Å². The second-order valence-corrected chi connectivity index (χ2v) is 3.81. The molecule has 0 spiro atoms. The van der Waals surface area contributed by atoms with Crippen molar-refractivity contribution >= 4 is 11.9 Å². The molecule has 0 aliphatic heterocycles. The third-order valence-electron chi connectivity index (χ3n) is 2.37. The normalized spacial score (nSPS) is 10.6. The smallest absolute Gasteiger partial charge is 0.328 e. The van der Waals surface area contributed by atoms with Gasteiger partial charge in [0.25, 0.3) is 0 Å². The fraction of sp³-hybridized carbons (Fsp3) is 0.231. The van der Waals surface area contributed by atoms with E-state index in [9.17, 15) is 14.0 Å². The summed E-state index contributed by atoms with van der Waals surface area (Å²) in [5.74, 6) is -1.87. The van der Waals surface area contributed by atoms with Crippen molar-refractivity contribution in [3.05, 3.63) is 47.8 Å². The molecule has 1 aromatic rings. The van der Waals surface area contributed by atoms with E-state index in [0.717, 1.165) is 17.7 Å². The highest BCUT2D eigenvalue weighted by Gasteiger charge is 2.05. The maximum Gasteiger partial charge on any atom is 0.328 e. The van der Waals surface area contributed by atoms with E-state index in [1.165, 1.54) is 17.0 Å². The number of carbonyl (C=O) groups is 2. The van der Waals surface area contributed by atoms with Crippen LogP contribution >= 0.6 is 0 Å². The van der Waals surface area contributed by atoms with Crippen LogP contribution in [-0.2, 0) is 16.0 Å². The van der Waals surface area contributed by atoms with Gasteiger partial charge >= 0.3 is 5.97 Å². The molecule has 0 radical (unpaired) electrons. The van der Waals surface area contributed by atoms with Gasteiger partial charge in [0.1, 0.15) is 5.82 Å². The molecular weight excluding hydrogens is 237 g/mol. The second-order valence-electron chi connectivity index (χ2n) is 3.81. The molecule has 1 N–H and O–H groups in total. The number of nitrogens with zero attached hydrogens (tertiary/aromatic N) is 1. The molecule has 0 aliphatic rings. The summed E-state index contributed by atoms with van der Waals surface area (Å²) in [5.41, 5.74) is 0.789. The fourth-order valence-corrected chi connectivity index (χ4v) is 1.37. The van der Waals surface area contributed by atoms with Crippen molar-refractivity contribution in [1.29, 1.82) is 0 Å². The number of aliphatic carboxylic acids is 1. The zero-order chi connectivity index (χ0) is 13.5. The molecule has 1 amide bonds. The quantitative estimate of drug-likeness (QED) is 0.806. The number of carboxylic acids is 1. The van der Waals surface area contributed by atoms with E-state index in [0.29, 0.717) is 13.0 Å². The van der Waals surface area contributed by atoms with E-state index in [4.69, 9.17) is 5.11 Å². The molecule has 1 aromatic carbocycles. The molecule has 18 heavy (non-hydrogen) atoms. The predicted octanol–water partition coefficient (Wildman–Crippen LogP) is 1.47. The van der Waals surface area contributed by atoms with E-state index < -0.39 is 11.9 Å². The topological polar surface area (TPSA) is 57.6 Å². The fourth-order valence-electron chi connectivity index (χ4n) is 1.37. The van der Waals surface area contributed by atoms with Crippen LogP contribution < -0.4 is 0 Å². The third kappa shape index (κ3) is 4.78. The van der Waals surface area contributed by atoms with Crippen LogP contribution in [0.5, 0.6) is 0 Å². The Balaban J connectivity index is 2.48. The summed E-state index contributed by atoms with van der Waals surface area (Å²) in [6.07, 6.45) is 2.30. The Kier molecular flexibility index (Phi) is 5.05. The molecule has 4 nitrogen and oxygen atoms in total. The standard InChI is InChI=1S/C13H14FNO3/c1-15(12(16)5-6-13(17)18)8-7-10-3-2-4-11(14)9-10/h2-6,9H,7-8H2,1H3,(H,17,18)/b6-5+. The minimum absolute atomic E-state index is 0.313. The number of likely N-dealkylation sites (N-methyl/N-ethyl adjacent to an activating group) is 1. The number of hydrogen-bond acceptors (Lipinski definition) is 2. The number of hydrogen-bond donors (Lipinski definition) is 1. The van der Waals surface area contributed by atoms with E-state index in [1.807, 2.05) is 0 Å². The first-order valence-corrected chi connectivity index (χ1v) is 5.39. The van der Waals surface area contributed by atoms with E-state index in [1.54, 1.807) is 19.2 Å². The Morgan fingerprint density at radius 1 is 1.39 bits per heavy atom. The predicted molar refractivity (Wildman–Crippen MR) is 64.5 cm³/mol. The van der Waals surface area contributed by atoms with Crippen molar-refractivity contribution in [2.24, 2.45) is 0 Å². The maximum absolute atomic E-state index is 12.9. The van der Waals surface area contributed by atoms with Crippen molar-refractivity contribution < 1.29 is 19.1 Å². The lowest BCUT2D eigenvalue weighted by Crippen LogP contribution is -2.27. The van der Waals surface area contributed by atoms with Gasteiger partial charge in [0.2, 0.25) is 5.91 Å². The van der Waals surface area contributed by atoms with Crippen LogP contribution in [0, 0.1) is 5.82 Å². The van der Waals surface area contributed by atoms with Crippen molar-refractivity contribution in [1.82, 2.24) is 4.90 Å². The minimum atomic E-state index is -1.16. The maximum atomic E-state index is 12.9. The van der Waals surface area contributed by atoms with Crippen LogP contribution in [0.4, 0.5) is 4.39 Å². The van der Waals surface area contributed by atoms with Gasteiger partial charge in [0.15, 0.2) is 0 Å². The Labute approximate surface area is 104 Å². The molecule has 96 valence electrons. The highest BCUT2D eigenvalue weighted by atomic mass is 19.1. The molecule has 0 saturated heterocycles. The van der Waals surface area contributed by atoms with Gasteiger partial charge in [-0.1, -0.05) is 12.1 Å². The van der Waals surface area contributed by atoms with Gasteiger partial charge in [0, 0.05) is 25.7 Å². The van der Waals surface area contributed by atoms with Crippen LogP contribution in [0.3, 0.4) is 0 Å². The summed E-state index contributed by atoms with van der Waals surface area (Å²) in [7, 11) is 1.56. The van der Waals surface area contributed by atoms with Gasteiger partial charge in [-0.25, -0.2) is 9.18 Å². The van der Waals surface area contributed by atoms with E-state index in [2.05, 4.69) is 0 Å². The lowest BCUT2D eigenvalue weighted by molar-refractivity contribution is -0.132. The van der Waals surface area contributed by atoms with E-state index >= 15 is 0 Å². The largest absolute Gasteiger partial charge is 0.478 e. The molecule has 0 fully saturated rings. The van der Waals surface area contributed by atoms with Crippen molar-refractivity contribution in [3.63, 3.8) is 0 Å². The van der Waals surface area contributed by atoms with Crippen LogP contribution in [0.1, 0.15) is 5.56 Å². The summed E-state index contributed by atoms with van der Waals surface area (Å²) in [6.45, 7) is 0.395. The average molecular weight is 251 g/mol. The summed E-state index contributed by atoms with van der Waals surface area (Å²) in [6, 6.07) is 6.14. The summed E-state index contributed by atoms with van der Waals surface area (Å²) in [4.78, 5) is 23.1. The highest BCUT2D eigenvalue weighted by molar-refractivity contribution is 5.93. The summed E-state index contributed by atoms with van der Waals surface area (Å²) < 4.78 is 12.9. The molecular formula is C13H14FNO3. The average Bonchev–Trinajstić information content (AvgIpc) is 2.33. The SMILES string of the molecule is CN(CCc1cccc(F)c1)C(=O)/C=C/C(=O)O. The zero-order valence-electron chi connectivity index (χ0n) is 9.97. The Hall–Kier alpha value is -2.17. The molecule has 0 unspecified atom stereocenters. The van der Waals surface area contributed by atoms with Gasteiger partial charge < -0.3 is 10.0 Å². The summed E-state index contributed by atoms with van der Waals surface area (Å²) >= 11 is 0. The molecule has 0 aliphatic carbocycles. The number of rotatable bonds is 5. The number of amides is 1. The van der Waals surface area contributed by atoms with Crippen LogP contribution in [0.25, 0.3) is 0 Å². The third-order valence-corrected chi connectivity index (χ3v) is 2.37.